The van der Waals surface area contributed by atoms with Crippen LogP contribution in [0.15, 0.2) is 18.3 Å². The average molecular weight is 318 g/mol. The van der Waals surface area contributed by atoms with Gasteiger partial charge in [-0.15, -0.1) is 0 Å². The van der Waals surface area contributed by atoms with E-state index in [2.05, 4.69) is 20.5 Å². The highest BCUT2D eigenvalue weighted by molar-refractivity contribution is 5.89. The molecule has 2 fully saturated rings. The van der Waals surface area contributed by atoms with Crippen molar-refractivity contribution in [2.75, 3.05) is 29.9 Å². The molecule has 3 heterocycles. The number of urea groups is 1. The van der Waals surface area contributed by atoms with Gasteiger partial charge >= 0.3 is 6.03 Å². The number of hydrogen-bond donors (Lipinski definition) is 2. The second-order valence-corrected chi connectivity index (χ2v) is 6.39. The zero-order valence-corrected chi connectivity index (χ0v) is 13.8. The summed E-state index contributed by atoms with van der Waals surface area (Å²) < 4.78 is 5.59. The molecule has 2 N–H and O–H groups in total. The first-order valence-corrected chi connectivity index (χ1v) is 8.62. The molecule has 2 aliphatic rings. The van der Waals surface area contributed by atoms with E-state index in [9.17, 15) is 4.79 Å². The Labute approximate surface area is 137 Å². The van der Waals surface area contributed by atoms with Crippen LogP contribution >= 0.6 is 0 Å². The molecular weight excluding hydrogens is 292 g/mol. The third kappa shape index (κ3) is 4.34. The molecular formula is C17H26N4O2. The van der Waals surface area contributed by atoms with Crippen LogP contribution in [0.25, 0.3) is 0 Å². The van der Waals surface area contributed by atoms with Gasteiger partial charge in [-0.25, -0.2) is 9.78 Å². The number of carbonyl (C=O) groups excluding carboxylic acids is 1. The number of aromatic nitrogens is 1. The molecule has 0 radical (unpaired) electrons. The molecule has 0 unspecified atom stereocenters. The monoisotopic (exact) mass is 318 g/mol. The molecule has 2 saturated heterocycles. The highest BCUT2D eigenvalue weighted by Gasteiger charge is 2.23. The minimum Gasteiger partial charge on any atom is -0.376 e. The first-order valence-electron chi connectivity index (χ1n) is 8.62. The number of hydrogen-bond acceptors (Lipinski definition) is 4. The molecule has 6 nitrogen and oxygen atoms in total. The van der Waals surface area contributed by atoms with E-state index in [0.29, 0.717) is 5.69 Å². The normalized spacial score (nSPS) is 22.7. The van der Waals surface area contributed by atoms with Gasteiger partial charge in [-0.1, -0.05) is 0 Å². The lowest BCUT2D eigenvalue weighted by Crippen LogP contribution is -2.43. The summed E-state index contributed by atoms with van der Waals surface area (Å²) in [7, 11) is 0. The number of nitrogens with one attached hydrogen (secondary N) is 2. The van der Waals surface area contributed by atoms with Gasteiger partial charge in [0.25, 0.3) is 0 Å². The average Bonchev–Trinajstić information content (AvgIpc) is 3.11. The molecule has 2 atom stereocenters. The van der Waals surface area contributed by atoms with E-state index in [1.807, 2.05) is 19.1 Å². The fraction of sp³-hybridized carbons (Fsp3) is 0.647. The van der Waals surface area contributed by atoms with Gasteiger partial charge in [0.05, 0.1) is 24.0 Å². The fourth-order valence-corrected chi connectivity index (χ4v) is 3.23. The number of nitrogens with zero attached hydrogens (tertiary/aromatic N) is 2. The molecule has 0 spiro atoms. The van der Waals surface area contributed by atoms with Crippen molar-refractivity contribution in [1.82, 2.24) is 10.3 Å². The number of ether oxygens (including phenoxy) is 1. The minimum atomic E-state index is -0.208. The predicted octanol–water partition coefficient (Wildman–Crippen LogP) is 2.76. The van der Waals surface area contributed by atoms with Gasteiger partial charge in [-0.2, -0.15) is 0 Å². The van der Waals surface area contributed by atoms with Crippen molar-refractivity contribution < 1.29 is 9.53 Å². The SMILES string of the molecule is C[C@H](NC(=O)Nc1ccc(N2CCCCC2)nc1)[C@@H]1CCCO1. The Balaban J connectivity index is 1.50. The van der Waals surface area contributed by atoms with Crippen LogP contribution in [0.2, 0.25) is 0 Å². The highest BCUT2D eigenvalue weighted by Crippen LogP contribution is 2.19. The second-order valence-electron chi connectivity index (χ2n) is 6.39. The van der Waals surface area contributed by atoms with Crippen LogP contribution in [0.4, 0.5) is 16.3 Å². The number of amides is 2. The zero-order valence-electron chi connectivity index (χ0n) is 13.8. The number of pyridine rings is 1. The van der Waals surface area contributed by atoms with Gasteiger partial charge in [0.2, 0.25) is 0 Å². The van der Waals surface area contributed by atoms with Crippen LogP contribution < -0.4 is 15.5 Å². The van der Waals surface area contributed by atoms with Crippen LogP contribution in [0.5, 0.6) is 0 Å². The lowest BCUT2D eigenvalue weighted by atomic mass is 10.1. The van der Waals surface area contributed by atoms with Crippen LogP contribution in [0.3, 0.4) is 0 Å². The van der Waals surface area contributed by atoms with E-state index in [-0.39, 0.29) is 18.2 Å². The first kappa shape index (κ1) is 16.1. The third-order valence-corrected chi connectivity index (χ3v) is 4.57. The molecule has 2 aliphatic heterocycles. The van der Waals surface area contributed by atoms with Crippen molar-refractivity contribution >= 4 is 17.5 Å². The number of carbonyl (C=O) groups is 1. The Hall–Kier alpha value is -1.82. The summed E-state index contributed by atoms with van der Waals surface area (Å²) in [6, 6.07) is 3.69. The molecule has 0 bridgehead atoms. The van der Waals surface area contributed by atoms with Gasteiger partial charge in [-0.05, 0) is 51.2 Å². The van der Waals surface area contributed by atoms with Gasteiger partial charge in [-0.3, -0.25) is 0 Å². The summed E-state index contributed by atoms with van der Waals surface area (Å²) in [5, 5.41) is 5.77. The number of rotatable bonds is 4. The molecule has 0 aliphatic carbocycles. The predicted molar refractivity (Wildman–Crippen MR) is 90.9 cm³/mol. The molecule has 23 heavy (non-hydrogen) atoms. The summed E-state index contributed by atoms with van der Waals surface area (Å²) in [5.74, 6) is 0.989. The number of piperidine rings is 1. The van der Waals surface area contributed by atoms with Crippen LogP contribution in [-0.4, -0.2) is 42.9 Å². The Morgan fingerprint density at radius 2 is 2.13 bits per heavy atom. The molecule has 0 aromatic carbocycles. The minimum absolute atomic E-state index is 0.0121. The van der Waals surface area contributed by atoms with Crippen molar-refractivity contribution in [2.45, 2.75) is 51.2 Å². The topological polar surface area (TPSA) is 66.5 Å². The van der Waals surface area contributed by atoms with Crippen LogP contribution in [0, 0.1) is 0 Å². The largest absolute Gasteiger partial charge is 0.376 e. The smallest absolute Gasteiger partial charge is 0.319 e. The maximum absolute atomic E-state index is 12.1. The van der Waals surface area contributed by atoms with Crippen molar-refractivity contribution in [3.63, 3.8) is 0 Å². The Morgan fingerprint density at radius 3 is 2.78 bits per heavy atom. The first-order chi connectivity index (χ1) is 11.2. The van der Waals surface area contributed by atoms with E-state index < -0.39 is 0 Å². The van der Waals surface area contributed by atoms with Crippen LogP contribution in [0.1, 0.15) is 39.0 Å². The van der Waals surface area contributed by atoms with E-state index >= 15 is 0 Å². The van der Waals surface area contributed by atoms with Gasteiger partial charge < -0.3 is 20.3 Å². The molecule has 126 valence electrons. The maximum atomic E-state index is 12.1. The van der Waals surface area contributed by atoms with Crippen LogP contribution in [-0.2, 0) is 4.74 Å². The molecule has 1 aromatic rings. The number of anilines is 2. The van der Waals surface area contributed by atoms with Crippen molar-refractivity contribution in [3.05, 3.63) is 18.3 Å². The Bertz CT molecular complexity index is 508. The Kier molecular flexibility index (Phi) is 5.33. The molecule has 3 rings (SSSR count). The van der Waals surface area contributed by atoms with E-state index in [0.717, 1.165) is 38.4 Å². The summed E-state index contributed by atoms with van der Waals surface area (Å²) in [5.41, 5.74) is 0.711. The standard InChI is InChI=1S/C17H26N4O2/c1-13(15-6-5-11-23-15)19-17(22)20-14-7-8-16(18-12-14)21-9-3-2-4-10-21/h7-8,12-13,15H,2-6,9-11H2,1H3,(H2,19,20,22)/t13-,15-/m0/s1. The van der Waals surface area contributed by atoms with Crippen molar-refractivity contribution in [2.24, 2.45) is 0 Å². The third-order valence-electron chi connectivity index (χ3n) is 4.57. The summed E-state index contributed by atoms with van der Waals surface area (Å²) in [4.78, 5) is 18.8. The van der Waals surface area contributed by atoms with Crippen molar-refractivity contribution in [3.8, 4) is 0 Å². The van der Waals surface area contributed by atoms with Gasteiger partial charge in [0.1, 0.15) is 5.82 Å². The maximum Gasteiger partial charge on any atom is 0.319 e. The molecule has 2 amide bonds. The second kappa shape index (κ2) is 7.64. The molecule has 6 heteroatoms. The van der Waals surface area contributed by atoms with Gasteiger partial charge in [0.15, 0.2) is 0 Å². The quantitative estimate of drug-likeness (QED) is 0.896. The Morgan fingerprint density at radius 1 is 1.30 bits per heavy atom. The molecule has 1 aromatic heterocycles. The highest BCUT2D eigenvalue weighted by atomic mass is 16.5. The summed E-state index contributed by atoms with van der Waals surface area (Å²) >= 11 is 0. The zero-order chi connectivity index (χ0) is 16.1. The summed E-state index contributed by atoms with van der Waals surface area (Å²) in [6.45, 7) is 4.91. The van der Waals surface area contributed by atoms with Crippen molar-refractivity contribution in [1.29, 1.82) is 0 Å². The van der Waals surface area contributed by atoms with Gasteiger partial charge in [0, 0.05) is 19.7 Å². The van der Waals surface area contributed by atoms with E-state index in [4.69, 9.17) is 4.74 Å². The summed E-state index contributed by atoms with van der Waals surface area (Å²) in [6.07, 6.45) is 7.68. The molecule has 0 saturated carbocycles. The van der Waals surface area contributed by atoms with E-state index in [1.54, 1.807) is 6.20 Å². The lowest BCUT2D eigenvalue weighted by Gasteiger charge is -2.27. The fourth-order valence-electron chi connectivity index (χ4n) is 3.23. The lowest BCUT2D eigenvalue weighted by molar-refractivity contribution is 0.0868. The van der Waals surface area contributed by atoms with E-state index in [1.165, 1.54) is 19.3 Å².